The fourth-order valence-corrected chi connectivity index (χ4v) is 4.25. The van der Waals surface area contributed by atoms with E-state index in [1.54, 1.807) is 12.1 Å². The molecule has 5 nitrogen and oxygen atoms in total. The third-order valence-corrected chi connectivity index (χ3v) is 5.83. The molecular weight excluding hydrogens is 375 g/mol. The zero-order valence-electron chi connectivity index (χ0n) is 14.9. The van der Waals surface area contributed by atoms with Crippen LogP contribution in [0.2, 0.25) is 0 Å². The lowest BCUT2D eigenvalue weighted by molar-refractivity contribution is 0.102. The van der Waals surface area contributed by atoms with Crippen LogP contribution in [0, 0.1) is 5.82 Å². The zero-order valence-corrected chi connectivity index (χ0v) is 15.7. The van der Waals surface area contributed by atoms with E-state index in [1.807, 2.05) is 24.4 Å². The number of carbonyl (C=O) groups excluding carboxylic acids is 1. The van der Waals surface area contributed by atoms with Gasteiger partial charge in [-0.1, -0.05) is 42.1 Å². The van der Waals surface area contributed by atoms with Crippen molar-refractivity contribution in [1.82, 2.24) is 19.7 Å². The summed E-state index contributed by atoms with van der Waals surface area (Å²) in [4.78, 5) is 15.7. The number of thioether (sulfide) groups is 1. The van der Waals surface area contributed by atoms with Gasteiger partial charge in [-0.05, 0) is 31.0 Å². The molecule has 28 heavy (non-hydrogen) atoms. The molecule has 0 amide bonds. The summed E-state index contributed by atoms with van der Waals surface area (Å²) in [5, 5.41) is 10.6. The minimum atomic E-state index is -0.404. The Morgan fingerprint density at radius 2 is 2.04 bits per heavy atom. The van der Waals surface area contributed by atoms with E-state index in [0.717, 1.165) is 40.3 Å². The average Bonchev–Trinajstić information content (AvgIpc) is 3.32. The summed E-state index contributed by atoms with van der Waals surface area (Å²) in [7, 11) is 0. The van der Waals surface area contributed by atoms with Gasteiger partial charge in [-0.25, -0.2) is 4.39 Å². The van der Waals surface area contributed by atoms with Crippen LogP contribution in [0.3, 0.4) is 0 Å². The highest BCUT2D eigenvalue weighted by atomic mass is 32.2. The zero-order chi connectivity index (χ0) is 19.1. The number of Topliss-reactive ketones (excluding diaryl/α,β-unsaturated/α-hetero) is 1. The number of benzene rings is 2. The molecule has 2 aromatic heterocycles. The number of nitrogens with one attached hydrogen (secondary N) is 1. The van der Waals surface area contributed by atoms with Crippen molar-refractivity contribution in [3.8, 4) is 11.4 Å². The second-order valence-electron chi connectivity index (χ2n) is 6.88. The fourth-order valence-electron chi connectivity index (χ4n) is 3.35. The van der Waals surface area contributed by atoms with E-state index in [4.69, 9.17) is 0 Å². The van der Waals surface area contributed by atoms with Gasteiger partial charge in [0.05, 0.1) is 5.75 Å². The van der Waals surface area contributed by atoms with Gasteiger partial charge in [0.1, 0.15) is 5.82 Å². The third kappa shape index (κ3) is 3.11. The minimum absolute atomic E-state index is 0.122. The number of nitrogens with zero attached hydrogens (tertiary/aromatic N) is 3. The molecule has 1 saturated carbocycles. The monoisotopic (exact) mass is 392 g/mol. The largest absolute Gasteiger partial charge is 0.360 e. The molecule has 1 aliphatic carbocycles. The number of fused-ring (bicyclic) bond motifs is 1. The lowest BCUT2D eigenvalue weighted by Gasteiger charge is -2.08. The van der Waals surface area contributed by atoms with E-state index in [0.29, 0.717) is 11.6 Å². The Bertz CT molecular complexity index is 1180. The summed E-state index contributed by atoms with van der Waals surface area (Å²) >= 11 is 1.35. The van der Waals surface area contributed by atoms with Crippen LogP contribution in [-0.2, 0) is 0 Å². The van der Waals surface area contributed by atoms with Crippen LogP contribution in [0.15, 0.2) is 59.9 Å². The molecule has 1 N–H and O–H groups in total. The SMILES string of the molecule is O=C(CSc1nnc(-c2c[nH]c3ccccc23)n1C1CC1)c1cccc(F)c1. The van der Waals surface area contributed by atoms with E-state index < -0.39 is 5.82 Å². The topological polar surface area (TPSA) is 63.6 Å². The van der Waals surface area contributed by atoms with Gasteiger partial charge in [0.15, 0.2) is 16.8 Å². The summed E-state index contributed by atoms with van der Waals surface area (Å²) in [5.74, 6) is 0.491. The highest BCUT2D eigenvalue weighted by Crippen LogP contribution is 2.42. The number of halogens is 1. The van der Waals surface area contributed by atoms with Crippen molar-refractivity contribution in [2.45, 2.75) is 24.0 Å². The van der Waals surface area contributed by atoms with Crippen LogP contribution >= 0.6 is 11.8 Å². The van der Waals surface area contributed by atoms with E-state index in [-0.39, 0.29) is 11.5 Å². The second-order valence-corrected chi connectivity index (χ2v) is 7.82. The van der Waals surface area contributed by atoms with E-state index >= 15 is 0 Å². The van der Waals surface area contributed by atoms with Crippen molar-refractivity contribution >= 4 is 28.4 Å². The summed E-state index contributed by atoms with van der Waals surface area (Å²) in [6, 6.07) is 14.2. The molecule has 0 saturated heterocycles. The molecule has 5 rings (SSSR count). The first-order valence-corrected chi connectivity index (χ1v) is 10.1. The first kappa shape index (κ1) is 17.2. The lowest BCUT2D eigenvalue weighted by Crippen LogP contribution is -2.05. The predicted molar refractivity (Wildman–Crippen MR) is 107 cm³/mol. The number of rotatable bonds is 6. The number of aromatic nitrogens is 4. The van der Waals surface area contributed by atoms with Gasteiger partial charge in [0.2, 0.25) is 0 Å². The van der Waals surface area contributed by atoms with Crippen LogP contribution in [0.25, 0.3) is 22.3 Å². The Morgan fingerprint density at radius 3 is 2.86 bits per heavy atom. The Labute approximate surface area is 165 Å². The van der Waals surface area contributed by atoms with Gasteiger partial charge in [-0.3, -0.25) is 9.36 Å². The maximum Gasteiger partial charge on any atom is 0.192 e. The molecule has 0 spiro atoms. The van der Waals surface area contributed by atoms with Gasteiger partial charge in [0, 0.05) is 34.3 Å². The van der Waals surface area contributed by atoms with Gasteiger partial charge in [0.25, 0.3) is 0 Å². The molecule has 140 valence electrons. The third-order valence-electron chi connectivity index (χ3n) is 4.89. The Balaban J connectivity index is 1.44. The van der Waals surface area contributed by atoms with Gasteiger partial charge >= 0.3 is 0 Å². The van der Waals surface area contributed by atoms with E-state index in [9.17, 15) is 9.18 Å². The normalized spacial score (nSPS) is 13.9. The van der Waals surface area contributed by atoms with Crippen molar-refractivity contribution in [2.24, 2.45) is 0 Å². The maximum absolute atomic E-state index is 13.4. The molecule has 0 aliphatic heterocycles. The number of H-pyrrole nitrogens is 1. The molecule has 0 atom stereocenters. The van der Waals surface area contributed by atoms with Crippen molar-refractivity contribution in [2.75, 3.05) is 5.75 Å². The molecule has 1 fully saturated rings. The first-order valence-electron chi connectivity index (χ1n) is 9.13. The van der Waals surface area contributed by atoms with Crippen LogP contribution in [0.1, 0.15) is 29.2 Å². The summed E-state index contributed by atoms with van der Waals surface area (Å²) in [6.07, 6.45) is 4.12. The Hall–Kier alpha value is -2.93. The second kappa shape index (κ2) is 6.91. The predicted octanol–water partition coefficient (Wildman–Crippen LogP) is 4.88. The molecule has 0 bridgehead atoms. The maximum atomic E-state index is 13.4. The molecule has 4 aromatic rings. The highest BCUT2D eigenvalue weighted by molar-refractivity contribution is 7.99. The summed E-state index contributed by atoms with van der Waals surface area (Å²) in [6.45, 7) is 0. The number of hydrogen-bond donors (Lipinski definition) is 1. The molecule has 0 unspecified atom stereocenters. The van der Waals surface area contributed by atoms with Crippen molar-refractivity contribution in [1.29, 1.82) is 0 Å². The smallest absolute Gasteiger partial charge is 0.192 e. The number of carbonyl (C=O) groups is 1. The molecule has 1 aliphatic rings. The Morgan fingerprint density at radius 1 is 1.18 bits per heavy atom. The minimum Gasteiger partial charge on any atom is -0.360 e. The van der Waals surface area contributed by atoms with Crippen LogP contribution in [0.4, 0.5) is 4.39 Å². The van der Waals surface area contributed by atoms with Crippen LogP contribution in [0.5, 0.6) is 0 Å². The molecular formula is C21H17FN4OS. The Kier molecular flexibility index (Phi) is 4.24. The van der Waals surface area contributed by atoms with Crippen molar-refractivity contribution < 1.29 is 9.18 Å². The van der Waals surface area contributed by atoms with Crippen LogP contribution < -0.4 is 0 Å². The van der Waals surface area contributed by atoms with Crippen molar-refractivity contribution in [3.63, 3.8) is 0 Å². The summed E-state index contributed by atoms with van der Waals surface area (Å²) in [5.41, 5.74) is 2.44. The summed E-state index contributed by atoms with van der Waals surface area (Å²) < 4.78 is 15.5. The lowest BCUT2D eigenvalue weighted by atomic mass is 10.1. The van der Waals surface area contributed by atoms with Gasteiger partial charge < -0.3 is 4.98 Å². The van der Waals surface area contributed by atoms with Crippen LogP contribution in [-0.4, -0.2) is 31.3 Å². The highest BCUT2D eigenvalue weighted by Gasteiger charge is 2.31. The number of ketones is 1. The quantitative estimate of drug-likeness (QED) is 0.375. The standard InChI is InChI=1S/C21H17FN4OS/c22-14-5-3-4-13(10-14)19(27)12-28-21-25-24-20(26(21)15-8-9-15)17-11-23-18-7-2-1-6-16(17)18/h1-7,10-11,15,23H,8-9,12H2. The van der Waals surface area contributed by atoms with Gasteiger partial charge in [-0.2, -0.15) is 0 Å². The van der Waals surface area contributed by atoms with E-state index in [1.165, 1.54) is 23.9 Å². The van der Waals surface area contributed by atoms with Gasteiger partial charge in [-0.15, -0.1) is 10.2 Å². The number of aromatic amines is 1. The first-order chi connectivity index (χ1) is 13.7. The average molecular weight is 392 g/mol. The fraction of sp³-hybridized carbons (Fsp3) is 0.190. The van der Waals surface area contributed by atoms with E-state index in [2.05, 4.69) is 25.8 Å². The molecule has 2 aromatic carbocycles. The van der Waals surface area contributed by atoms with Crippen molar-refractivity contribution in [3.05, 3.63) is 66.1 Å². The number of hydrogen-bond acceptors (Lipinski definition) is 4. The molecule has 2 heterocycles. The molecule has 0 radical (unpaired) electrons. The number of para-hydroxylation sites is 1. The molecule has 7 heteroatoms.